The molecule has 0 aliphatic carbocycles. The number of carbonyl (C=O) groups excluding carboxylic acids is 1. The van der Waals surface area contributed by atoms with E-state index in [-0.39, 0.29) is 11.7 Å². The van der Waals surface area contributed by atoms with Gasteiger partial charge in [-0.25, -0.2) is 4.39 Å². The summed E-state index contributed by atoms with van der Waals surface area (Å²) in [6.45, 7) is 2.89. The maximum absolute atomic E-state index is 13.0. The van der Waals surface area contributed by atoms with Crippen LogP contribution < -0.4 is 4.90 Å². The van der Waals surface area contributed by atoms with Gasteiger partial charge in [-0.3, -0.25) is 4.79 Å². The Labute approximate surface area is 142 Å². The van der Waals surface area contributed by atoms with E-state index in [2.05, 4.69) is 27.5 Å². The lowest BCUT2D eigenvalue weighted by Gasteiger charge is -2.36. The quantitative estimate of drug-likeness (QED) is 0.709. The van der Waals surface area contributed by atoms with Crippen LogP contribution in [0.5, 0.6) is 0 Å². The van der Waals surface area contributed by atoms with Gasteiger partial charge in [0, 0.05) is 41.0 Å². The van der Waals surface area contributed by atoms with E-state index >= 15 is 0 Å². The Morgan fingerprint density at radius 1 is 1.00 bits per heavy atom. The molecular weight excluding hydrogens is 394 g/mol. The molecule has 1 aliphatic rings. The van der Waals surface area contributed by atoms with E-state index in [0.717, 1.165) is 27.9 Å². The van der Waals surface area contributed by atoms with E-state index in [0.29, 0.717) is 13.1 Å². The largest absolute Gasteiger partial charge is 0.368 e. The molecular formula is C17H16FIN2O. The third-order valence-electron chi connectivity index (χ3n) is 3.83. The monoisotopic (exact) mass is 410 g/mol. The summed E-state index contributed by atoms with van der Waals surface area (Å²) in [6.07, 6.45) is 0. The highest BCUT2D eigenvalue weighted by Gasteiger charge is 2.22. The second-order valence-corrected chi connectivity index (χ2v) is 6.51. The zero-order valence-electron chi connectivity index (χ0n) is 12.0. The molecule has 0 atom stereocenters. The van der Waals surface area contributed by atoms with Gasteiger partial charge in [-0.05, 0) is 65.1 Å². The smallest absolute Gasteiger partial charge is 0.254 e. The van der Waals surface area contributed by atoms with Crippen LogP contribution in [-0.2, 0) is 0 Å². The van der Waals surface area contributed by atoms with Gasteiger partial charge in [-0.2, -0.15) is 0 Å². The van der Waals surface area contributed by atoms with Crippen LogP contribution in [-0.4, -0.2) is 37.0 Å². The van der Waals surface area contributed by atoms with Crippen LogP contribution in [0.3, 0.4) is 0 Å². The lowest BCUT2D eigenvalue weighted by atomic mass is 10.1. The van der Waals surface area contributed by atoms with Crippen LogP contribution in [0.15, 0.2) is 48.5 Å². The zero-order chi connectivity index (χ0) is 15.5. The Hall–Kier alpha value is -1.63. The highest BCUT2D eigenvalue weighted by atomic mass is 127. The molecule has 0 N–H and O–H groups in total. The van der Waals surface area contributed by atoms with E-state index in [1.54, 1.807) is 12.1 Å². The fourth-order valence-corrected chi connectivity index (χ4v) is 3.17. The molecule has 1 aliphatic heterocycles. The van der Waals surface area contributed by atoms with Crippen LogP contribution in [0, 0.1) is 9.39 Å². The summed E-state index contributed by atoms with van der Waals surface area (Å²) in [6, 6.07) is 14.2. The van der Waals surface area contributed by atoms with Crippen LogP contribution in [0.25, 0.3) is 0 Å². The molecule has 0 spiro atoms. The van der Waals surface area contributed by atoms with Crippen molar-refractivity contribution in [1.29, 1.82) is 0 Å². The Bertz CT molecular complexity index is 667. The molecule has 3 nitrogen and oxygen atoms in total. The number of halogens is 2. The van der Waals surface area contributed by atoms with Crippen LogP contribution in [0.4, 0.5) is 10.1 Å². The number of amides is 1. The van der Waals surface area contributed by atoms with E-state index < -0.39 is 0 Å². The predicted octanol–water partition coefficient (Wildman–Crippen LogP) is 3.39. The molecule has 1 saturated heterocycles. The summed E-state index contributed by atoms with van der Waals surface area (Å²) >= 11 is 2.21. The topological polar surface area (TPSA) is 23.6 Å². The summed E-state index contributed by atoms with van der Waals surface area (Å²) < 4.78 is 14.0. The fraction of sp³-hybridized carbons (Fsp3) is 0.235. The minimum atomic E-state index is -0.226. The standard InChI is InChI=1S/C17H16FIN2O/c18-14-4-6-16(7-5-14)20-8-10-21(11-9-20)17(22)13-2-1-3-15(19)12-13/h1-7,12H,8-11H2. The normalized spacial score (nSPS) is 15.0. The highest BCUT2D eigenvalue weighted by Crippen LogP contribution is 2.18. The molecule has 2 aromatic carbocycles. The molecule has 0 unspecified atom stereocenters. The van der Waals surface area contributed by atoms with Crippen molar-refractivity contribution >= 4 is 34.2 Å². The van der Waals surface area contributed by atoms with Gasteiger partial charge in [0.25, 0.3) is 5.91 Å². The first-order valence-corrected chi connectivity index (χ1v) is 8.27. The van der Waals surface area contributed by atoms with Crippen molar-refractivity contribution in [3.8, 4) is 0 Å². The first-order valence-electron chi connectivity index (χ1n) is 7.19. The number of nitrogens with zero attached hydrogens (tertiary/aromatic N) is 2. The highest BCUT2D eigenvalue weighted by molar-refractivity contribution is 14.1. The molecule has 0 aromatic heterocycles. The molecule has 5 heteroatoms. The molecule has 0 bridgehead atoms. The number of rotatable bonds is 2. The summed E-state index contributed by atoms with van der Waals surface area (Å²) in [5.41, 5.74) is 1.74. The maximum Gasteiger partial charge on any atom is 0.254 e. The lowest BCUT2D eigenvalue weighted by molar-refractivity contribution is 0.0746. The summed E-state index contributed by atoms with van der Waals surface area (Å²) in [7, 11) is 0. The molecule has 0 saturated carbocycles. The molecule has 1 amide bonds. The summed E-state index contributed by atoms with van der Waals surface area (Å²) in [5.74, 6) is -0.145. The van der Waals surface area contributed by atoms with Crippen molar-refractivity contribution < 1.29 is 9.18 Å². The first kappa shape index (κ1) is 15.3. The molecule has 22 heavy (non-hydrogen) atoms. The summed E-state index contributed by atoms with van der Waals surface area (Å²) in [5, 5.41) is 0. The van der Waals surface area contributed by atoms with Gasteiger partial charge in [0.05, 0.1) is 0 Å². The Morgan fingerprint density at radius 3 is 2.32 bits per heavy atom. The van der Waals surface area contributed by atoms with Crippen LogP contribution >= 0.6 is 22.6 Å². The minimum Gasteiger partial charge on any atom is -0.368 e. The molecule has 1 heterocycles. The Morgan fingerprint density at radius 2 is 1.68 bits per heavy atom. The minimum absolute atomic E-state index is 0.0808. The van der Waals surface area contributed by atoms with Gasteiger partial charge in [0.2, 0.25) is 0 Å². The molecule has 3 rings (SSSR count). The molecule has 0 radical (unpaired) electrons. The molecule has 114 valence electrons. The number of hydrogen-bond donors (Lipinski definition) is 0. The predicted molar refractivity (Wildman–Crippen MR) is 93.7 cm³/mol. The Kier molecular flexibility index (Phi) is 4.61. The maximum atomic E-state index is 13.0. The fourth-order valence-electron chi connectivity index (χ4n) is 2.62. The number of hydrogen-bond acceptors (Lipinski definition) is 2. The molecule has 2 aromatic rings. The first-order chi connectivity index (χ1) is 10.6. The van der Waals surface area contributed by atoms with Gasteiger partial charge < -0.3 is 9.80 Å². The number of piperazine rings is 1. The zero-order valence-corrected chi connectivity index (χ0v) is 14.2. The van der Waals surface area contributed by atoms with Crippen molar-refractivity contribution in [1.82, 2.24) is 4.90 Å². The lowest BCUT2D eigenvalue weighted by Crippen LogP contribution is -2.48. The Balaban J connectivity index is 1.64. The third-order valence-corrected chi connectivity index (χ3v) is 4.50. The van der Waals surface area contributed by atoms with E-state index in [4.69, 9.17) is 0 Å². The second kappa shape index (κ2) is 6.64. The van der Waals surface area contributed by atoms with Gasteiger partial charge in [-0.1, -0.05) is 6.07 Å². The second-order valence-electron chi connectivity index (χ2n) is 5.27. The SMILES string of the molecule is O=C(c1cccc(I)c1)N1CCN(c2ccc(F)cc2)CC1. The van der Waals surface area contributed by atoms with Crippen molar-refractivity contribution in [2.24, 2.45) is 0 Å². The summed E-state index contributed by atoms with van der Waals surface area (Å²) in [4.78, 5) is 16.6. The average Bonchev–Trinajstić information content (AvgIpc) is 2.55. The van der Waals surface area contributed by atoms with Crippen molar-refractivity contribution in [2.45, 2.75) is 0 Å². The van der Waals surface area contributed by atoms with E-state index in [1.807, 2.05) is 29.2 Å². The number of anilines is 1. The van der Waals surface area contributed by atoms with Gasteiger partial charge in [0.15, 0.2) is 0 Å². The number of carbonyl (C=O) groups is 1. The molecule has 1 fully saturated rings. The van der Waals surface area contributed by atoms with E-state index in [9.17, 15) is 9.18 Å². The third kappa shape index (κ3) is 3.40. The average molecular weight is 410 g/mol. The van der Waals surface area contributed by atoms with E-state index in [1.165, 1.54) is 12.1 Å². The van der Waals surface area contributed by atoms with Crippen molar-refractivity contribution in [2.75, 3.05) is 31.1 Å². The van der Waals surface area contributed by atoms with Gasteiger partial charge in [-0.15, -0.1) is 0 Å². The van der Waals surface area contributed by atoms with Crippen molar-refractivity contribution in [3.63, 3.8) is 0 Å². The van der Waals surface area contributed by atoms with Crippen molar-refractivity contribution in [3.05, 3.63) is 63.5 Å². The van der Waals surface area contributed by atoms with Gasteiger partial charge in [0.1, 0.15) is 5.82 Å². The number of benzene rings is 2. The van der Waals surface area contributed by atoms with Crippen LogP contribution in [0.1, 0.15) is 10.4 Å². The van der Waals surface area contributed by atoms with Crippen LogP contribution in [0.2, 0.25) is 0 Å². The van der Waals surface area contributed by atoms with Gasteiger partial charge >= 0.3 is 0 Å².